The zero-order chi connectivity index (χ0) is 19.3. The molecule has 2 aromatic heterocycles. The van der Waals surface area contributed by atoms with Crippen LogP contribution < -0.4 is 10.6 Å². The Labute approximate surface area is 158 Å². The molecule has 3 aromatic rings. The van der Waals surface area contributed by atoms with Gasteiger partial charge in [0.15, 0.2) is 5.96 Å². The average molecular weight is 367 g/mol. The minimum absolute atomic E-state index is 0.0520. The third-order valence-electron chi connectivity index (χ3n) is 4.00. The summed E-state index contributed by atoms with van der Waals surface area (Å²) in [5.41, 5.74) is 2.05. The number of hydrogen-bond acceptors (Lipinski definition) is 5. The molecule has 0 saturated carbocycles. The van der Waals surface area contributed by atoms with Crippen LogP contribution in [0.25, 0.3) is 5.69 Å². The SMILES string of the molecule is CN=C(NCc1ccc(-n2cncn2)cc1)NCc1ncc(C(C)(C)C)o1. The molecule has 2 N–H and O–H groups in total. The van der Waals surface area contributed by atoms with Crippen molar-refractivity contribution in [3.05, 3.63) is 60.3 Å². The van der Waals surface area contributed by atoms with E-state index < -0.39 is 0 Å². The third-order valence-corrected chi connectivity index (χ3v) is 4.00. The summed E-state index contributed by atoms with van der Waals surface area (Å²) in [6.45, 7) is 7.41. The first-order valence-corrected chi connectivity index (χ1v) is 8.79. The number of nitrogens with one attached hydrogen (secondary N) is 2. The Balaban J connectivity index is 1.51. The molecule has 0 atom stereocenters. The number of nitrogens with zero attached hydrogens (tertiary/aromatic N) is 5. The molecule has 0 radical (unpaired) electrons. The number of benzene rings is 1. The Bertz CT molecular complexity index is 874. The Kier molecular flexibility index (Phi) is 5.54. The predicted octanol–water partition coefficient (Wildman–Crippen LogP) is 2.42. The fraction of sp³-hybridized carbons (Fsp3) is 0.368. The molecule has 8 nitrogen and oxygen atoms in total. The largest absolute Gasteiger partial charge is 0.443 e. The molecule has 0 unspecified atom stereocenters. The van der Waals surface area contributed by atoms with E-state index in [2.05, 4.69) is 51.5 Å². The van der Waals surface area contributed by atoms with Crippen molar-refractivity contribution >= 4 is 5.96 Å². The van der Waals surface area contributed by atoms with Gasteiger partial charge in [-0.3, -0.25) is 4.99 Å². The maximum atomic E-state index is 5.78. The quantitative estimate of drug-likeness (QED) is 0.531. The van der Waals surface area contributed by atoms with Gasteiger partial charge in [0.25, 0.3) is 0 Å². The average Bonchev–Trinajstić information content (AvgIpc) is 3.34. The van der Waals surface area contributed by atoms with Crippen molar-refractivity contribution in [2.24, 2.45) is 4.99 Å². The van der Waals surface area contributed by atoms with Crippen molar-refractivity contribution in [1.82, 2.24) is 30.4 Å². The van der Waals surface area contributed by atoms with Gasteiger partial charge >= 0.3 is 0 Å². The monoisotopic (exact) mass is 367 g/mol. The summed E-state index contributed by atoms with van der Waals surface area (Å²) < 4.78 is 7.51. The van der Waals surface area contributed by atoms with Crippen molar-refractivity contribution in [3.63, 3.8) is 0 Å². The Morgan fingerprint density at radius 3 is 2.48 bits per heavy atom. The van der Waals surface area contributed by atoms with E-state index in [4.69, 9.17) is 4.42 Å². The van der Waals surface area contributed by atoms with Crippen LogP contribution in [0.5, 0.6) is 0 Å². The van der Waals surface area contributed by atoms with E-state index in [1.54, 1.807) is 24.3 Å². The topological polar surface area (TPSA) is 93.2 Å². The number of aromatic nitrogens is 4. The summed E-state index contributed by atoms with van der Waals surface area (Å²) >= 11 is 0. The zero-order valence-electron chi connectivity index (χ0n) is 16.1. The molecule has 0 amide bonds. The van der Waals surface area contributed by atoms with E-state index in [9.17, 15) is 0 Å². The van der Waals surface area contributed by atoms with Gasteiger partial charge in [-0.05, 0) is 17.7 Å². The molecule has 27 heavy (non-hydrogen) atoms. The van der Waals surface area contributed by atoms with E-state index in [0.29, 0.717) is 24.9 Å². The standard InChI is InChI=1S/C19H25N7O/c1-19(2,3)16-10-22-17(27-16)11-24-18(20-4)23-9-14-5-7-15(8-6-14)26-13-21-12-25-26/h5-8,10,12-13H,9,11H2,1-4H3,(H2,20,23,24). The molecule has 2 heterocycles. The van der Waals surface area contributed by atoms with Crippen LogP contribution in [0.4, 0.5) is 0 Å². The second-order valence-corrected chi connectivity index (χ2v) is 7.15. The van der Waals surface area contributed by atoms with Crippen molar-refractivity contribution in [3.8, 4) is 5.69 Å². The number of aliphatic imine (C=N–C) groups is 1. The number of hydrogen-bond donors (Lipinski definition) is 2. The van der Waals surface area contributed by atoms with Crippen LogP contribution in [0.2, 0.25) is 0 Å². The van der Waals surface area contributed by atoms with E-state index in [0.717, 1.165) is 17.0 Å². The second-order valence-electron chi connectivity index (χ2n) is 7.15. The van der Waals surface area contributed by atoms with Gasteiger partial charge in [0, 0.05) is 19.0 Å². The predicted molar refractivity (Wildman–Crippen MR) is 104 cm³/mol. The second kappa shape index (κ2) is 8.03. The molecule has 8 heteroatoms. The fourth-order valence-corrected chi connectivity index (χ4v) is 2.41. The number of rotatable bonds is 5. The van der Waals surface area contributed by atoms with Gasteiger partial charge in [-0.1, -0.05) is 32.9 Å². The van der Waals surface area contributed by atoms with Crippen LogP contribution in [0.3, 0.4) is 0 Å². The first-order valence-electron chi connectivity index (χ1n) is 8.79. The summed E-state index contributed by atoms with van der Waals surface area (Å²) in [6, 6.07) is 8.09. The molecule has 142 valence electrons. The summed E-state index contributed by atoms with van der Waals surface area (Å²) in [7, 11) is 1.74. The van der Waals surface area contributed by atoms with E-state index in [-0.39, 0.29) is 5.41 Å². The molecule has 0 spiro atoms. The van der Waals surface area contributed by atoms with Crippen molar-refractivity contribution < 1.29 is 4.42 Å². The maximum absolute atomic E-state index is 5.78. The zero-order valence-corrected chi connectivity index (χ0v) is 16.1. The molecular formula is C19H25N7O. The highest BCUT2D eigenvalue weighted by atomic mass is 16.4. The minimum atomic E-state index is -0.0520. The highest BCUT2D eigenvalue weighted by Crippen LogP contribution is 2.22. The maximum Gasteiger partial charge on any atom is 0.213 e. The van der Waals surface area contributed by atoms with Gasteiger partial charge in [0.05, 0.1) is 18.4 Å². The first kappa shape index (κ1) is 18.6. The van der Waals surface area contributed by atoms with Gasteiger partial charge in [0.1, 0.15) is 18.4 Å². The molecule has 0 bridgehead atoms. The van der Waals surface area contributed by atoms with Gasteiger partial charge in [-0.2, -0.15) is 5.10 Å². The van der Waals surface area contributed by atoms with Crippen LogP contribution >= 0.6 is 0 Å². The van der Waals surface area contributed by atoms with Gasteiger partial charge in [0.2, 0.25) is 5.89 Å². The Morgan fingerprint density at radius 2 is 1.89 bits per heavy atom. The lowest BCUT2D eigenvalue weighted by Crippen LogP contribution is -2.36. The summed E-state index contributed by atoms with van der Waals surface area (Å²) in [5, 5.41) is 10.6. The molecule has 0 fully saturated rings. The van der Waals surface area contributed by atoms with Crippen LogP contribution in [-0.2, 0) is 18.5 Å². The van der Waals surface area contributed by atoms with Crippen LogP contribution in [0.1, 0.15) is 38.0 Å². The molecular weight excluding hydrogens is 342 g/mol. The Hall–Kier alpha value is -3.16. The minimum Gasteiger partial charge on any atom is -0.443 e. The van der Waals surface area contributed by atoms with Crippen molar-refractivity contribution in [2.45, 2.75) is 39.3 Å². The van der Waals surface area contributed by atoms with Crippen LogP contribution in [-0.4, -0.2) is 32.8 Å². The molecule has 0 aliphatic rings. The summed E-state index contributed by atoms with van der Waals surface area (Å²) in [4.78, 5) is 12.5. The molecule has 0 aliphatic carbocycles. The molecule has 3 rings (SSSR count). The third kappa shape index (κ3) is 4.93. The summed E-state index contributed by atoms with van der Waals surface area (Å²) in [5.74, 6) is 2.20. The lowest BCUT2D eigenvalue weighted by atomic mass is 9.94. The van der Waals surface area contributed by atoms with Crippen LogP contribution in [0, 0.1) is 0 Å². The lowest BCUT2D eigenvalue weighted by Gasteiger charge is -2.13. The van der Waals surface area contributed by atoms with Crippen molar-refractivity contribution in [2.75, 3.05) is 7.05 Å². The summed E-state index contributed by atoms with van der Waals surface area (Å²) in [6.07, 6.45) is 4.97. The van der Waals surface area contributed by atoms with E-state index >= 15 is 0 Å². The van der Waals surface area contributed by atoms with Gasteiger partial charge in [-0.15, -0.1) is 0 Å². The molecule has 0 saturated heterocycles. The number of guanidine groups is 1. The van der Waals surface area contributed by atoms with Gasteiger partial charge in [-0.25, -0.2) is 14.6 Å². The highest BCUT2D eigenvalue weighted by Gasteiger charge is 2.19. The highest BCUT2D eigenvalue weighted by molar-refractivity contribution is 5.79. The molecule has 0 aliphatic heterocycles. The van der Waals surface area contributed by atoms with Crippen molar-refractivity contribution in [1.29, 1.82) is 0 Å². The molecule has 1 aromatic carbocycles. The van der Waals surface area contributed by atoms with Crippen LogP contribution in [0.15, 0.2) is 52.5 Å². The number of oxazole rings is 1. The smallest absolute Gasteiger partial charge is 0.213 e. The first-order chi connectivity index (χ1) is 13.0. The van der Waals surface area contributed by atoms with E-state index in [1.165, 1.54) is 6.33 Å². The van der Waals surface area contributed by atoms with Gasteiger partial charge < -0.3 is 15.1 Å². The van der Waals surface area contributed by atoms with E-state index in [1.807, 2.05) is 24.3 Å². The normalized spacial score (nSPS) is 12.2. The lowest BCUT2D eigenvalue weighted by molar-refractivity contribution is 0.379. The fourth-order valence-electron chi connectivity index (χ4n) is 2.41. The Morgan fingerprint density at radius 1 is 1.15 bits per heavy atom.